The van der Waals surface area contributed by atoms with Crippen LogP contribution in [0.4, 0.5) is 0 Å². The average molecular weight is 246 g/mol. The Labute approximate surface area is 98.7 Å². The lowest BCUT2D eigenvalue weighted by Crippen LogP contribution is -2.27. The molecule has 0 aromatic carbocycles. The summed E-state index contributed by atoms with van der Waals surface area (Å²) in [5.41, 5.74) is 0.405. The van der Waals surface area contributed by atoms with Gasteiger partial charge in [0.2, 0.25) is 0 Å². The lowest BCUT2D eigenvalue weighted by atomic mass is 10.4. The minimum absolute atomic E-state index is 0.263. The molecule has 4 nitrogen and oxygen atoms in total. The van der Waals surface area contributed by atoms with Crippen LogP contribution < -0.4 is 0 Å². The molecule has 0 spiro atoms. The van der Waals surface area contributed by atoms with Crippen LogP contribution in [0.25, 0.3) is 0 Å². The van der Waals surface area contributed by atoms with Crippen molar-refractivity contribution in [1.29, 1.82) is 0 Å². The van der Waals surface area contributed by atoms with E-state index in [-0.39, 0.29) is 12.6 Å². The van der Waals surface area contributed by atoms with Crippen molar-refractivity contribution >= 4 is 14.3 Å². The topological polar surface area (TPSA) is 44.8 Å². The van der Waals surface area contributed by atoms with E-state index in [0.29, 0.717) is 25.4 Å². The predicted molar refractivity (Wildman–Crippen MR) is 65.9 cm³/mol. The van der Waals surface area contributed by atoms with Crippen LogP contribution in [0.1, 0.15) is 6.92 Å². The fraction of sp³-hybridized carbons (Fsp3) is 0.727. The van der Waals surface area contributed by atoms with E-state index in [1.807, 2.05) is 0 Å². The van der Waals surface area contributed by atoms with E-state index in [9.17, 15) is 4.79 Å². The largest absolute Gasteiger partial charge is 0.460 e. The molecule has 0 unspecified atom stereocenters. The molecule has 94 valence electrons. The molecule has 0 saturated carbocycles. The number of hydrogen-bond acceptors (Lipinski definition) is 4. The van der Waals surface area contributed by atoms with Crippen LogP contribution in [0.3, 0.4) is 0 Å². The minimum atomic E-state index is -1.44. The van der Waals surface area contributed by atoms with Gasteiger partial charge in [0.25, 0.3) is 0 Å². The summed E-state index contributed by atoms with van der Waals surface area (Å²) in [5, 5.41) is 0. The molecule has 0 rings (SSSR count). The molecule has 0 N–H and O–H groups in total. The lowest BCUT2D eigenvalue weighted by Gasteiger charge is -2.16. The highest BCUT2D eigenvalue weighted by Gasteiger charge is 2.13. The molecule has 0 aliphatic rings. The standard InChI is InChI=1S/C11H22O4Si/c1-10(2)11(12)14-8-6-13-7-9-15-16(3,4)5/h1,6-9H2,2-5H3. The van der Waals surface area contributed by atoms with Gasteiger partial charge in [0.1, 0.15) is 6.61 Å². The van der Waals surface area contributed by atoms with Crippen molar-refractivity contribution in [1.82, 2.24) is 0 Å². The fourth-order valence-electron chi connectivity index (χ4n) is 0.825. The van der Waals surface area contributed by atoms with Gasteiger partial charge < -0.3 is 13.9 Å². The maximum Gasteiger partial charge on any atom is 0.333 e. The summed E-state index contributed by atoms with van der Waals surface area (Å²) < 4.78 is 15.7. The van der Waals surface area contributed by atoms with E-state index in [4.69, 9.17) is 13.9 Å². The molecule has 0 saturated heterocycles. The molecule has 0 aromatic heterocycles. The second-order valence-corrected chi connectivity index (χ2v) is 9.00. The first-order valence-corrected chi connectivity index (χ1v) is 8.78. The normalized spacial score (nSPS) is 11.2. The molecule has 0 aliphatic carbocycles. The quantitative estimate of drug-likeness (QED) is 0.284. The Bertz CT molecular complexity index is 233. The maximum atomic E-state index is 11.0. The SMILES string of the molecule is C=C(C)C(=O)OCCOCCO[Si](C)(C)C. The number of rotatable bonds is 8. The van der Waals surface area contributed by atoms with Gasteiger partial charge in [-0.25, -0.2) is 4.79 Å². The number of ether oxygens (including phenoxy) is 2. The molecule has 0 radical (unpaired) electrons. The fourth-order valence-corrected chi connectivity index (χ4v) is 1.52. The van der Waals surface area contributed by atoms with Gasteiger partial charge in [0, 0.05) is 5.57 Å². The van der Waals surface area contributed by atoms with Gasteiger partial charge in [-0.1, -0.05) is 6.58 Å². The number of esters is 1. The summed E-state index contributed by atoms with van der Waals surface area (Å²) in [6.45, 7) is 13.3. The van der Waals surface area contributed by atoms with Crippen LogP contribution >= 0.6 is 0 Å². The molecule has 0 atom stereocenters. The summed E-state index contributed by atoms with van der Waals surface area (Å²) in [6.07, 6.45) is 0. The number of hydrogen-bond donors (Lipinski definition) is 0. The Hall–Kier alpha value is -0.653. The Balaban J connectivity index is 3.29. The van der Waals surface area contributed by atoms with Crippen LogP contribution in [-0.2, 0) is 18.7 Å². The molecule has 0 bridgehead atoms. The first-order valence-electron chi connectivity index (χ1n) is 5.37. The van der Waals surface area contributed by atoms with Crippen LogP contribution in [-0.4, -0.2) is 40.7 Å². The summed E-state index contributed by atoms with van der Waals surface area (Å²) in [7, 11) is -1.44. The molecule has 0 aliphatic heterocycles. The van der Waals surface area contributed by atoms with E-state index in [1.54, 1.807) is 6.92 Å². The summed E-state index contributed by atoms with van der Waals surface area (Å²) in [5.74, 6) is -0.373. The van der Waals surface area contributed by atoms with E-state index in [1.165, 1.54) is 0 Å². The molecule has 16 heavy (non-hydrogen) atoms. The monoisotopic (exact) mass is 246 g/mol. The molecule has 0 fully saturated rings. The Kier molecular flexibility index (Phi) is 7.28. The first-order chi connectivity index (χ1) is 7.33. The summed E-state index contributed by atoms with van der Waals surface area (Å²) in [4.78, 5) is 11.0. The Morgan fingerprint density at radius 3 is 2.19 bits per heavy atom. The molecular weight excluding hydrogens is 224 g/mol. The van der Waals surface area contributed by atoms with Gasteiger partial charge >= 0.3 is 5.97 Å². The molecule has 0 aromatic rings. The van der Waals surface area contributed by atoms with Crippen LogP contribution in [0.5, 0.6) is 0 Å². The van der Waals surface area contributed by atoms with Gasteiger partial charge in [-0.3, -0.25) is 0 Å². The zero-order valence-electron chi connectivity index (χ0n) is 10.7. The Morgan fingerprint density at radius 1 is 1.12 bits per heavy atom. The molecular formula is C11H22O4Si. The van der Waals surface area contributed by atoms with Gasteiger partial charge in [-0.05, 0) is 26.6 Å². The molecule has 5 heteroatoms. The second kappa shape index (κ2) is 7.59. The summed E-state index contributed by atoms with van der Waals surface area (Å²) >= 11 is 0. The van der Waals surface area contributed by atoms with Crippen molar-refractivity contribution in [3.05, 3.63) is 12.2 Å². The van der Waals surface area contributed by atoms with Gasteiger partial charge in [-0.2, -0.15) is 0 Å². The smallest absolute Gasteiger partial charge is 0.333 e. The van der Waals surface area contributed by atoms with Gasteiger partial charge in [0.15, 0.2) is 8.32 Å². The number of carbonyl (C=O) groups is 1. The maximum absolute atomic E-state index is 11.0. The highest BCUT2D eigenvalue weighted by atomic mass is 28.4. The third-order valence-electron chi connectivity index (χ3n) is 1.57. The first kappa shape index (κ1) is 15.3. The average Bonchev–Trinajstić information content (AvgIpc) is 2.14. The van der Waals surface area contributed by atoms with E-state index >= 15 is 0 Å². The van der Waals surface area contributed by atoms with Crippen molar-refractivity contribution < 1.29 is 18.7 Å². The second-order valence-electron chi connectivity index (χ2n) is 4.49. The number of carbonyl (C=O) groups excluding carboxylic acids is 1. The molecule has 0 amide bonds. The van der Waals surface area contributed by atoms with Crippen molar-refractivity contribution in [2.45, 2.75) is 26.6 Å². The zero-order valence-corrected chi connectivity index (χ0v) is 11.7. The molecule has 0 heterocycles. The van der Waals surface area contributed by atoms with Crippen LogP contribution in [0, 0.1) is 0 Å². The van der Waals surface area contributed by atoms with Crippen LogP contribution in [0.2, 0.25) is 19.6 Å². The third-order valence-corrected chi connectivity index (χ3v) is 2.64. The van der Waals surface area contributed by atoms with Crippen molar-refractivity contribution in [3.8, 4) is 0 Å². The zero-order chi connectivity index (χ0) is 12.6. The van der Waals surface area contributed by atoms with Crippen LogP contribution in [0.15, 0.2) is 12.2 Å². The predicted octanol–water partition coefficient (Wildman–Crippen LogP) is 1.97. The van der Waals surface area contributed by atoms with Gasteiger partial charge in [-0.15, -0.1) is 0 Å². The highest BCUT2D eigenvalue weighted by molar-refractivity contribution is 6.69. The third kappa shape index (κ3) is 9.89. The van der Waals surface area contributed by atoms with E-state index in [2.05, 4.69) is 26.2 Å². The van der Waals surface area contributed by atoms with E-state index in [0.717, 1.165) is 0 Å². The summed E-state index contributed by atoms with van der Waals surface area (Å²) in [6, 6.07) is 0. The minimum Gasteiger partial charge on any atom is -0.460 e. The lowest BCUT2D eigenvalue weighted by molar-refractivity contribution is -0.140. The van der Waals surface area contributed by atoms with E-state index < -0.39 is 8.32 Å². The highest BCUT2D eigenvalue weighted by Crippen LogP contribution is 2.01. The van der Waals surface area contributed by atoms with Gasteiger partial charge in [0.05, 0.1) is 19.8 Å². The van der Waals surface area contributed by atoms with Crippen molar-refractivity contribution in [2.75, 3.05) is 26.4 Å². The van der Waals surface area contributed by atoms with Crippen molar-refractivity contribution in [3.63, 3.8) is 0 Å². The van der Waals surface area contributed by atoms with Crippen molar-refractivity contribution in [2.24, 2.45) is 0 Å². The Morgan fingerprint density at radius 2 is 1.69 bits per heavy atom.